The number of phosphoric ester groups is 2. The molecule has 3 unspecified atom stereocenters. The average molecular weight is 1510 g/mol. The van der Waals surface area contributed by atoms with Crippen LogP contribution in [0.25, 0.3) is 0 Å². The summed E-state index contributed by atoms with van der Waals surface area (Å²) in [4.78, 5) is 73.0. The normalized spacial score (nSPS) is 14.1. The van der Waals surface area contributed by atoms with Crippen LogP contribution in [0.5, 0.6) is 0 Å². The van der Waals surface area contributed by atoms with Crippen molar-refractivity contribution in [2.24, 2.45) is 5.92 Å². The van der Waals surface area contributed by atoms with Gasteiger partial charge in [0.25, 0.3) is 0 Å². The molecule has 0 aromatic heterocycles. The van der Waals surface area contributed by atoms with Gasteiger partial charge >= 0.3 is 39.5 Å². The van der Waals surface area contributed by atoms with Gasteiger partial charge in [-0.15, -0.1) is 0 Å². The van der Waals surface area contributed by atoms with Crippen molar-refractivity contribution in [3.63, 3.8) is 0 Å². The van der Waals surface area contributed by atoms with Gasteiger partial charge in [-0.2, -0.15) is 0 Å². The third-order valence-corrected chi connectivity index (χ3v) is 22.0. The number of aliphatic hydroxyl groups excluding tert-OH is 1. The Labute approximate surface area is 632 Å². The number of carbonyl (C=O) groups is 4. The molecule has 3 N–H and O–H groups in total. The molecule has 0 spiro atoms. The molecule has 0 radical (unpaired) electrons. The first-order chi connectivity index (χ1) is 50.1. The summed E-state index contributed by atoms with van der Waals surface area (Å²) >= 11 is 0. The van der Waals surface area contributed by atoms with E-state index in [1.54, 1.807) is 0 Å². The molecule has 103 heavy (non-hydrogen) atoms. The number of rotatable bonds is 84. The molecule has 0 saturated carbocycles. The molecular formula is C84H164O17P2. The second-order valence-electron chi connectivity index (χ2n) is 30.5. The monoisotopic (exact) mass is 1510 g/mol. The second kappa shape index (κ2) is 76.8. The summed E-state index contributed by atoms with van der Waals surface area (Å²) in [6.07, 6.45) is 69.4. The van der Waals surface area contributed by atoms with Crippen LogP contribution in [-0.4, -0.2) is 96.7 Å². The SMILES string of the molecule is CCCCCCCCCCCCCCCCCCCCCCC(=O)OC[C@H](COP(=O)(O)OC[C@@H](O)COP(=O)(O)OC[C@@H](COC(=O)CCCCCCCCCCCC)OC(=O)CCCCCCCCCCCCC)OC(=O)CCCCCCCCCCCCCCCCCCCCC(C)CC. The van der Waals surface area contributed by atoms with Crippen molar-refractivity contribution in [3.8, 4) is 0 Å². The molecule has 19 heteroatoms. The van der Waals surface area contributed by atoms with Crippen LogP contribution in [0, 0.1) is 5.92 Å². The van der Waals surface area contributed by atoms with E-state index in [1.165, 1.54) is 276 Å². The molecular weight excluding hydrogens is 1340 g/mol. The molecule has 0 amide bonds. The number of phosphoric acid groups is 2. The van der Waals surface area contributed by atoms with Crippen molar-refractivity contribution in [1.29, 1.82) is 0 Å². The van der Waals surface area contributed by atoms with Crippen molar-refractivity contribution < 1.29 is 80.2 Å². The zero-order valence-electron chi connectivity index (χ0n) is 67.5. The van der Waals surface area contributed by atoms with Gasteiger partial charge in [-0.25, -0.2) is 9.13 Å². The predicted octanol–water partition coefficient (Wildman–Crippen LogP) is 25.6. The molecule has 0 fully saturated rings. The lowest BCUT2D eigenvalue weighted by atomic mass is 9.99. The second-order valence-corrected chi connectivity index (χ2v) is 33.4. The lowest BCUT2D eigenvalue weighted by Crippen LogP contribution is -2.30. The van der Waals surface area contributed by atoms with Gasteiger partial charge < -0.3 is 33.8 Å². The van der Waals surface area contributed by atoms with Gasteiger partial charge in [-0.3, -0.25) is 37.3 Å². The number of ether oxygens (including phenoxy) is 4. The molecule has 0 saturated heterocycles. The summed E-state index contributed by atoms with van der Waals surface area (Å²) in [6.45, 7) is 7.40. The molecule has 0 aromatic rings. The van der Waals surface area contributed by atoms with Crippen LogP contribution in [0.2, 0.25) is 0 Å². The topological polar surface area (TPSA) is 237 Å². The smallest absolute Gasteiger partial charge is 0.462 e. The largest absolute Gasteiger partial charge is 0.472 e. The quantitative estimate of drug-likeness (QED) is 0.0222. The number of unbranched alkanes of at least 4 members (excludes halogenated alkanes) is 55. The molecule has 0 heterocycles. The van der Waals surface area contributed by atoms with E-state index in [1.807, 2.05) is 0 Å². The van der Waals surface area contributed by atoms with Crippen molar-refractivity contribution in [3.05, 3.63) is 0 Å². The Kier molecular flexibility index (Phi) is 75.4. The molecule has 0 aliphatic heterocycles. The van der Waals surface area contributed by atoms with Crippen molar-refractivity contribution in [1.82, 2.24) is 0 Å². The molecule has 17 nitrogen and oxygen atoms in total. The highest BCUT2D eigenvalue weighted by atomic mass is 31.2. The molecule has 0 rings (SSSR count). The van der Waals surface area contributed by atoms with E-state index in [-0.39, 0.29) is 25.7 Å². The molecule has 0 aliphatic carbocycles. The Hall–Kier alpha value is -1.94. The highest BCUT2D eigenvalue weighted by molar-refractivity contribution is 7.47. The van der Waals surface area contributed by atoms with Crippen LogP contribution in [0.1, 0.15) is 452 Å². The van der Waals surface area contributed by atoms with Gasteiger partial charge in [0.05, 0.1) is 26.4 Å². The number of esters is 4. The Morgan fingerprint density at radius 3 is 0.689 bits per heavy atom. The van der Waals surface area contributed by atoms with E-state index in [4.69, 9.17) is 37.0 Å². The van der Waals surface area contributed by atoms with Gasteiger partial charge in [-0.1, -0.05) is 401 Å². The first-order valence-corrected chi connectivity index (χ1v) is 46.7. The Balaban J connectivity index is 5.18. The standard InChI is InChI=1S/C84H164O17P2/c1-6-10-13-16-19-22-25-26-27-28-29-30-34-37-40-44-48-53-58-63-68-82(87)95-74-80(101-84(89)70-65-60-55-50-45-41-38-35-32-31-33-36-39-43-46-51-56-61-66-77(5)9-4)76-99-103(92,93)97-72-78(85)71-96-102(90,91)98-75-79(73-94-81(86)67-62-57-52-47-24-21-18-15-12-8-3)100-83(88)69-64-59-54-49-42-23-20-17-14-11-7-2/h77-80,85H,6-76H2,1-5H3,(H,90,91)(H,92,93)/t77?,78-,79+,80+/m0/s1. The number of aliphatic hydroxyl groups is 1. The van der Waals surface area contributed by atoms with Gasteiger partial charge in [0.15, 0.2) is 12.2 Å². The van der Waals surface area contributed by atoms with E-state index in [9.17, 15) is 43.2 Å². The summed E-state index contributed by atoms with van der Waals surface area (Å²) in [6, 6.07) is 0. The molecule has 0 bridgehead atoms. The van der Waals surface area contributed by atoms with Gasteiger partial charge in [0, 0.05) is 25.7 Å². The van der Waals surface area contributed by atoms with Crippen LogP contribution < -0.4 is 0 Å². The highest BCUT2D eigenvalue weighted by Crippen LogP contribution is 2.45. The van der Waals surface area contributed by atoms with Gasteiger partial charge in [0.2, 0.25) is 0 Å². The van der Waals surface area contributed by atoms with E-state index in [0.717, 1.165) is 95.8 Å². The Bertz CT molecular complexity index is 1960. The summed E-state index contributed by atoms with van der Waals surface area (Å²) in [5, 5.41) is 10.6. The molecule has 0 aliphatic rings. The summed E-state index contributed by atoms with van der Waals surface area (Å²) < 4.78 is 68.7. The summed E-state index contributed by atoms with van der Waals surface area (Å²) in [5.41, 5.74) is 0. The van der Waals surface area contributed by atoms with E-state index in [2.05, 4.69) is 34.6 Å². The van der Waals surface area contributed by atoms with Gasteiger partial charge in [0.1, 0.15) is 19.3 Å². The van der Waals surface area contributed by atoms with Crippen molar-refractivity contribution in [2.75, 3.05) is 39.6 Å². The zero-order valence-corrected chi connectivity index (χ0v) is 69.3. The van der Waals surface area contributed by atoms with E-state index in [0.29, 0.717) is 25.7 Å². The minimum Gasteiger partial charge on any atom is -0.462 e. The van der Waals surface area contributed by atoms with Crippen molar-refractivity contribution >= 4 is 39.5 Å². The molecule has 612 valence electrons. The van der Waals surface area contributed by atoms with Crippen LogP contribution in [0.15, 0.2) is 0 Å². The first kappa shape index (κ1) is 101. The zero-order chi connectivity index (χ0) is 75.5. The summed E-state index contributed by atoms with van der Waals surface area (Å²) in [5.74, 6) is -1.23. The van der Waals surface area contributed by atoms with Gasteiger partial charge in [-0.05, 0) is 31.6 Å². The molecule has 0 aromatic carbocycles. The van der Waals surface area contributed by atoms with Crippen LogP contribution >= 0.6 is 15.6 Å². The average Bonchev–Trinajstić information content (AvgIpc) is 0.918. The third kappa shape index (κ3) is 76.6. The minimum atomic E-state index is -4.96. The Morgan fingerprint density at radius 1 is 0.272 bits per heavy atom. The lowest BCUT2D eigenvalue weighted by Gasteiger charge is -2.21. The third-order valence-electron chi connectivity index (χ3n) is 20.1. The minimum absolute atomic E-state index is 0.108. The van der Waals surface area contributed by atoms with Crippen LogP contribution in [0.3, 0.4) is 0 Å². The maximum Gasteiger partial charge on any atom is 0.472 e. The number of carbonyl (C=O) groups excluding carboxylic acids is 4. The maximum absolute atomic E-state index is 13.1. The summed E-state index contributed by atoms with van der Waals surface area (Å²) in [7, 11) is -9.92. The Morgan fingerprint density at radius 2 is 0.466 bits per heavy atom. The maximum atomic E-state index is 13.1. The van der Waals surface area contributed by atoms with E-state index >= 15 is 0 Å². The van der Waals surface area contributed by atoms with Crippen LogP contribution in [-0.2, 0) is 65.4 Å². The molecule has 6 atom stereocenters. The van der Waals surface area contributed by atoms with Crippen molar-refractivity contribution in [2.45, 2.75) is 470 Å². The lowest BCUT2D eigenvalue weighted by molar-refractivity contribution is -0.161. The fourth-order valence-electron chi connectivity index (χ4n) is 13.1. The fraction of sp³-hybridized carbons (Fsp3) is 0.952. The number of hydrogen-bond donors (Lipinski definition) is 3. The predicted molar refractivity (Wildman–Crippen MR) is 423 cm³/mol. The highest BCUT2D eigenvalue weighted by Gasteiger charge is 2.30. The van der Waals surface area contributed by atoms with Crippen LogP contribution in [0.4, 0.5) is 0 Å². The first-order valence-electron chi connectivity index (χ1n) is 43.7. The number of hydrogen-bond acceptors (Lipinski definition) is 15. The fourth-order valence-corrected chi connectivity index (χ4v) is 14.7. The van der Waals surface area contributed by atoms with E-state index < -0.39 is 97.5 Å².